The number of halogens is 1. The van der Waals surface area contributed by atoms with Gasteiger partial charge in [0, 0.05) is 25.2 Å². The zero-order valence-corrected chi connectivity index (χ0v) is 14.6. The number of carbonyl (C=O) groups is 1. The summed E-state index contributed by atoms with van der Waals surface area (Å²) in [5.41, 5.74) is 0.292. The molecule has 0 atom stereocenters. The predicted molar refractivity (Wildman–Crippen MR) is 92.4 cm³/mol. The largest absolute Gasteiger partial charge is 0.484 e. The standard InChI is InChI=1S/C19H22FN3O3/c20-14-5-4-6-16(9-14)25-13-18-21-17(12-26-18)19(24)23-10-15(11-23)22-7-2-1-3-8-22/h4-6,9,12,15H,1-3,7-8,10-11,13H2. The molecule has 0 spiro atoms. The van der Waals surface area contributed by atoms with Gasteiger partial charge in [0.2, 0.25) is 5.89 Å². The number of aromatic nitrogens is 1. The number of benzene rings is 1. The highest BCUT2D eigenvalue weighted by molar-refractivity contribution is 5.92. The fourth-order valence-corrected chi connectivity index (χ4v) is 3.47. The SMILES string of the molecule is O=C(c1coc(COc2cccc(F)c2)n1)N1CC(N2CCCCC2)C1. The van der Waals surface area contributed by atoms with Crippen molar-refractivity contribution in [2.24, 2.45) is 0 Å². The Morgan fingerprint density at radius 1 is 1.27 bits per heavy atom. The third-order valence-electron chi connectivity index (χ3n) is 4.99. The normalized spacial score (nSPS) is 18.6. The van der Waals surface area contributed by atoms with Crippen LogP contribution in [0, 0.1) is 5.82 Å². The van der Waals surface area contributed by atoms with E-state index in [1.165, 1.54) is 37.7 Å². The Kier molecular flexibility index (Phi) is 4.88. The first kappa shape index (κ1) is 17.0. The van der Waals surface area contributed by atoms with Crippen LogP contribution in [0.2, 0.25) is 0 Å². The number of hydrogen-bond donors (Lipinski definition) is 0. The van der Waals surface area contributed by atoms with E-state index in [-0.39, 0.29) is 18.3 Å². The maximum absolute atomic E-state index is 13.1. The molecule has 138 valence electrons. The second-order valence-electron chi connectivity index (χ2n) is 6.83. The van der Waals surface area contributed by atoms with Gasteiger partial charge in [0.05, 0.1) is 0 Å². The number of nitrogens with zero attached hydrogens (tertiary/aromatic N) is 3. The summed E-state index contributed by atoms with van der Waals surface area (Å²) in [5.74, 6) is 0.208. The van der Waals surface area contributed by atoms with E-state index >= 15 is 0 Å². The second kappa shape index (κ2) is 7.45. The molecule has 1 amide bonds. The van der Waals surface area contributed by atoms with Crippen LogP contribution in [0.3, 0.4) is 0 Å². The minimum Gasteiger partial charge on any atom is -0.484 e. The minimum absolute atomic E-state index is 0.0487. The predicted octanol–water partition coefficient (Wildman–Crippen LogP) is 2.70. The van der Waals surface area contributed by atoms with E-state index < -0.39 is 0 Å². The van der Waals surface area contributed by atoms with Gasteiger partial charge < -0.3 is 14.1 Å². The van der Waals surface area contributed by atoms with Gasteiger partial charge >= 0.3 is 0 Å². The molecule has 2 fully saturated rings. The van der Waals surface area contributed by atoms with Gasteiger partial charge in [-0.15, -0.1) is 0 Å². The number of ether oxygens (including phenoxy) is 1. The van der Waals surface area contributed by atoms with Gasteiger partial charge in [-0.3, -0.25) is 9.69 Å². The Bertz CT molecular complexity index is 767. The van der Waals surface area contributed by atoms with Crippen molar-refractivity contribution in [1.29, 1.82) is 0 Å². The van der Waals surface area contributed by atoms with Gasteiger partial charge in [0.1, 0.15) is 17.8 Å². The average Bonchev–Trinajstić information content (AvgIpc) is 3.09. The molecule has 0 unspecified atom stereocenters. The monoisotopic (exact) mass is 359 g/mol. The minimum atomic E-state index is -0.369. The van der Waals surface area contributed by atoms with E-state index in [4.69, 9.17) is 9.15 Å². The number of amides is 1. The highest BCUT2D eigenvalue weighted by atomic mass is 19.1. The lowest BCUT2D eigenvalue weighted by Crippen LogP contribution is -2.61. The van der Waals surface area contributed by atoms with Gasteiger partial charge in [0.25, 0.3) is 5.91 Å². The molecule has 0 bridgehead atoms. The molecular formula is C19H22FN3O3. The number of carbonyl (C=O) groups excluding carboxylic acids is 1. The molecule has 3 heterocycles. The van der Waals surface area contributed by atoms with E-state index in [2.05, 4.69) is 9.88 Å². The first-order valence-corrected chi connectivity index (χ1v) is 9.05. The van der Waals surface area contributed by atoms with Crippen LogP contribution in [0.5, 0.6) is 5.75 Å². The van der Waals surface area contributed by atoms with Crippen LogP contribution in [0.1, 0.15) is 35.6 Å². The van der Waals surface area contributed by atoms with Gasteiger partial charge in [-0.05, 0) is 38.1 Å². The summed E-state index contributed by atoms with van der Waals surface area (Å²) in [6, 6.07) is 6.33. The Hall–Kier alpha value is -2.41. The summed E-state index contributed by atoms with van der Waals surface area (Å²) < 4.78 is 23.9. The smallest absolute Gasteiger partial charge is 0.275 e. The van der Waals surface area contributed by atoms with Crippen LogP contribution in [0.4, 0.5) is 4.39 Å². The molecule has 6 nitrogen and oxygen atoms in total. The Morgan fingerprint density at radius 2 is 2.08 bits per heavy atom. The van der Waals surface area contributed by atoms with Crippen molar-refractivity contribution in [1.82, 2.24) is 14.8 Å². The average molecular weight is 359 g/mol. The van der Waals surface area contributed by atoms with Crippen molar-refractivity contribution in [2.75, 3.05) is 26.2 Å². The Labute approximate surface area is 151 Å². The van der Waals surface area contributed by atoms with E-state index in [0.29, 0.717) is 23.4 Å². The number of piperidine rings is 1. The van der Waals surface area contributed by atoms with Gasteiger partial charge in [-0.1, -0.05) is 12.5 Å². The fraction of sp³-hybridized carbons (Fsp3) is 0.474. The van der Waals surface area contributed by atoms with Crippen molar-refractivity contribution in [3.8, 4) is 5.75 Å². The molecule has 26 heavy (non-hydrogen) atoms. The molecule has 0 N–H and O–H groups in total. The molecular weight excluding hydrogens is 337 g/mol. The zero-order chi connectivity index (χ0) is 17.9. The molecule has 0 saturated carbocycles. The molecule has 2 saturated heterocycles. The summed E-state index contributed by atoms with van der Waals surface area (Å²) in [7, 11) is 0. The molecule has 4 rings (SSSR count). The first-order valence-electron chi connectivity index (χ1n) is 9.05. The van der Waals surface area contributed by atoms with Crippen LogP contribution in [-0.4, -0.2) is 52.9 Å². The van der Waals surface area contributed by atoms with Gasteiger partial charge in [-0.2, -0.15) is 0 Å². The molecule has 1 aromatic heterocycles. The maximum Gasteiger partial charge on any atom is 0.275 e. The highest BCUT2D eigenvalue weighted by Gasteiger charge is 2.36. The molecule has 2 aliphatic rings. The van der Waals surface area contributed by atoms with Crippen LogP contribution in [-0.2, 0) is 6.61 Å². The number of oxazole rings is 1. The number of rotatable bonds is 5. The van der Waals surface area contributed by atoms with E-state index in [1.54, 1.807) is 17.0 Å². The zero-order valence-electron chi connectivity index (χ0n) is 14.6. The van der Waals surface area contributed by atoms with E-state index in [0.717, 1.165) is 26.2 Å². The maximum atomic E-state index is 13.1. The third-order valence-corrected chi connectivity index (χ3v) is 4.99. The summed E-state index contributed by atoms with van der Waals surface area (Å²) in [5, 5.41) is 0. The van der Waals surface area contributed by atoms with Crippen molar-refractivity contribution in [3.63, 3.8) is 0 Å². The summed E-state index contributed by atoms with van der Waals surface area (Å²) in [6.45, 7) is 3.82. The lowest BCUT2D eigenvalue weighted by atomic mass is 10.0. The molecule has 0 radical (unpaired) electrons. The lowest BCUT2D eigenvalue weighted by molar-refractivity contribution is 0.0199. The summed E-state index contributed by atoms with van der Waals surface area (Å²) >= 11 is 0. The first-order chi connectivity index (χ1) is 12.7. The van der Waals surface area contributed by atoms with Gasteiger partial charge in [0.15, 0.2) is 12.3 Å². The van der Waals surface area contributed by atoms with Gasteiger partial charge in [-0.25, -0.2) is 9.37 Å². The molecule has 2 aliphatic heterocycles. The molecule has 7 heteroatoms. The molecule has 1 aromatic carbocycles. The number of hydrogen-bond acceptors (Lipinski definition) is 5. The third kappa shape index (κ3) is 3.72. The Morgan fingerprint density at radius 3 is 2.85 bits per heavy atom. The quantitative estimate of drug-likeness (QED) is 0.822. The van der Waals surface area contributed by atoms with Crippen LogP contribution in [0.15, 0.2) is 34.9 Å². The van der Waals surface area contributed by atoms with Crippen LogP contribution in [0.25, 0.3) is 0 Å². The summed E-state index contributed by atoms with van der Waals surface area (Å²) in [4.78, 5) is 21.0. The topological polar surface area (TPSA) is 58.8 Å². The van der Waals surface area contributed by atoms with E-state index in [1.807, 2.05) is 0 Å². The van der Waals surface area contributed by atoms with Crippen molar-refractivity contribution in [2.45, 2.75) is 31.9 Å². The van der Waals surface area contributed by atoms with Crippen LogP contribution < -0.4 is 4.74 Å². The lowest BCUT2D eigenvalue weighted by Gasteiger charge is -2.46. The molecule has 2 aromatic rings. The van der Waals surface area contributed by atoms with Crippen LogP contribution >= 0.6 is 0 Å². The van der Waals surface area contributed by atoms with Crippen molar-refractivity contribution < 1.29 is 18.3 Å². The van der Waals surface area contributed by atoms with E-state index in [9.17, 15) is 9.18 Å². The molecule has 0 aliphatic carbocycles. The highest BCUT2D eigenvalue weighted by Crippen LogP contribution is 2.22. The second-order valence-corrected chi connectivity index (χ2v) is 6.83. The summed E-state index contributed by atoms with van der Waals surface area (Å²) in [6.07, 6.45) is 5.18. The Balaban J connectivity index is 1.28. The fourth-order valence-electron chi connectivity index (χ4n) is 3.47. The van der Waals surface area contributed by atoms with Crippen molar-refractivity contribution >= 4 is 5.91 Å². The van der Waals surface area contributed by atoms with Crippen molar-refractivity contribution in [3.05, 3.63) is 47.9 Å². The number of likely N-dealkylation sites (tertiary alicyclic amines) is 2.